The predicted octanol–water partition coefficient (Wildman–Crippen LogP) is 2.82. The molecule has 1 aromatic carbocycles. The highest BCUT2D eigenvalue weighted by Crippen LogP contribution is 2.29. The molecule has 0 atom stereocenters. The summed E-state index contributed by atoms with van der Waals surface area (Å²) in [4.78, 5) is 20.0. The van der Waals surface area contributed by atoms with Gasteiger partial charge < -0.3 is 19.7 Å². The average Bonchev–Trinajstić information content (AvgIpc) is 2.78. The molecule has 3 rings (SSSR count). The van der Waals surface area contributed by atoms with Crippen LogP contribution in [0.15, 0.2) is 42.6 Å². The number of pyridine rings is 1. The molecule has 0 bridgehead atoms. The van der Waals surface area contributed by atoms with E-state index in [4.69, 9.17) is 9.47 Å². The van der Waals surface area contributed by atoms with Crippen molar-refractivity contribution in [2.45, 2.75) is 13.1 Å². The minimum Gasteiger partial charge on any atom is -0.494 e. The molecule has 2 heterocycles. The van der Waals surface area contributed by atoms with Crippen LogP contribution in [0.25, 0.3) is 0 Å². The number of hydrogen-bond acceptors (Lipinski definition) is 6. The summed E-state index contributed by atoms with van der Waals surface area (Å²) < 4.78 is 49.0. The third-order valence-corrected chi connectivity index (χ3v) is 4.97. The van der Waals surface area contributed by atoms with Crippen LogP contribution in [-0.4, -0.2) is 68.3 Å². The molecular formula is C22H27F3N4O3. The van der Waals surface area contributed by atoms with Gasteiger partial charge in [0.1, 0.15) is 23.9 Å². The molecule has 1 aliphatic rings. The molecule has 10 heteroatoms. The number of carbonyl (C=O) groups excluding carboxylic acids is 1. The largest absolute Gasteiger partial charge is 0.494 e. The molecule has 1 N–H and O–H groups in total. The van der Waals surface area contributed by atoms with Crippen molar-refractivity contribution in [2.24, 2.45) is 0 Å². The van der Waals surface area contributed by atoms with E-state index in [0.717, 1.165) is 18.0 Å². The normalized spacial score (nSPS) is 14.8. The first-order chi connectivity index (χ1) is 15.3. The van der Waals surface area contributed by atoms with Gasteiger partial charge in [-0.25, -0.2) is 4.98 Å². The van der Waals surface area contributed by atoms with Gasteiger partial charge in [0.15, 0.2) is 0 Å². The summed E-state index contributed by atoms with van der Waals surface area (Å²) >= 11 is 0. The SMILES string of the molecule is CCOc1ccc(OCCNC(=O)CN2CCN(c3ccc(C(F)(F)F)cn3)CC2)cc1. The second kappa shape index (κ2) is 11.0. The molecule has 0 spiro atoms. The third-order valence-electron chi connectivity index (χ3n) is 4.97. The van der Waals surface area contributed by atoms with Crippen LogP contribution in [0.4, 0.5) is 19.0 Å². The summed E-state index contributed by atoms with van der Waals surface area (Å²) in [6.07, 6.45) is -3.54. The van der Waals surface area contributed by atoms with Crippen molar-refractivity contribution in [1.82, 2.24) is 15.2 Å². The number of hydrogen-bond donors (Lipinski definition) is 1. The Hall–Kier alpha value is -3.01. The van der Waals surface area contributed by atoms with Gasteiger partial charge in [-0.1, -0.05) is 0 Å². The zero-order valence-corrected chi connectivity index (χ0v) is 17.9. The van der Waals surface area contributed by atoms with E-state index in [1.807, 2.05) is 41.0 Å². The Balaban J connectivity index is 1.33. The maximum Gasteiger partial charge on any atom is 0.417 e. The van der Waals surface area contributed by atoms with Crippen molar-refractivity contribution in [3.05, 3.63) is 48.2 Å². The molecule has 1 aromatic heterocycles. The minimum atomic E-state index is -4.39. The van der Waals surface area contributed by atoms with Crippen LogP contribution in [0.3, 0.4) is 0 Å². The van der Waals surface area contributed by atoms with Crippen molar-refractivity contribution < 1.29 is 27.4 Å². The lowest BCUT2D eigenvalue weighted by atomic mass is 10.2. The lowest BCUT2D eigenvalue weighted by molar-refractivity contribution is -0.137. The Kier molecular flexibility index (Phi) is 8.15. The minimum absolute atomic E-state index is 0.0959. The van der Waals surface area contributed by atoms with E-state index in [1.54, 1.807) is 0 Å². The standard InChI is InChI=1S/C22H27F3N4O3/c1-2-31-18-4-6-19(7-5-18)32-14-9-26-21(30)16-28-10-12-29(13-11-28)20-8-3-17(15-27-20)22(23,24)25/h3-8,15H,2,9-14,16H2,1H3,(H,26,30). The lowest BCUT2D eigenvalue weighted by Crippen LogP contribution is -2.50. The fourth-order valence-electron chi connectivity index (χ4n) is 3.29. The average molecular weight is 452 g/mol. The molecule has 7 nitrogen and oxygen atoms in total. The maximum absolute atomic E-state index is 12.7. The first-order valence-corrected chi connectivity index (χ1v) is 10.5. The Morgan fingerprint density at radius 2 is 1.69 bits per heavy atom. The van der Waals surface area contributed by atoms with Gasteiger partial charge in [0.05, 0.1) is 25.3 Å². The molecule has 0 aliphatic carbocycles. The zero-order valence-electron chi connectivity index (χ0n) is 17.9. The number of aromatic nitrogens is 1. The molecule has 0 radical (unpaired) electrons. The fourth-order valence-corrected chi connectivity index (χ4v) is 3.29. The Morgan fingerprint density at radius 3 is 2.25 bits per heavy atom. The second-order valence-electron chi connectivity index (χ2n) is 7.27. The summed E-state index contributed by atoms with van der Waals surface area (Å²) in [5.41, 5.74) is -0.761. The van der Waals surface area contributed by atoms with Crippen LogP contribution in [0, 0.1) is 0 Å². The van der Waals surface area contributed by atoms with E-state index in [9.17, 15) is 18.0 Å². The smallest absolute Gasteiger partial charge is 0.417 e. The number of carbonyl (C=O) groups is 1. The number of benzene rings is 1. The summed E-state index contributed by atoms with van der Waals surface area (Å²) in [6.45, 7) is 5.96. The number of nitrogens with zero attached hydrogens (tertiary/aromatic N) is 3. The third kappa shape index (κ3) is 7.01. The van der Waals surface area contributed by atoms with Crippen LogP contribution in [0.2, 0.25) is 0 Å². The number of ether oxygens (including phenoxy) is 2. The lowest BCUT2D eigenvalue weighted by Gasteiger charge is -2.35. The molecule has 0 unspecified atom stereocenters. The van der Waals surface area contributed by atoms with E-state index >= 15 is 0 Å². The van der Waals surface area contributed by atoms with E-state index in [0.29, 0.717) is 57.5 Å². The Morgan fingerprint density at radius 1 is 1.03 bits per heavy atom. The molecule has 1 amide bonds. The summed E-state index contributed by atoms with van der Waals surface area (Å²) in [5.74, 6) is 1.90. The Bertz CT molecular complexity index is 852. The van der Waals surface area contributed by atoms with Crippen molar-refractivity contribution >= 4 is 11.7 Å². The van der Waals surface area contributed by atoms with Gasteiger partial charge in [0, 0.05) is 32.4 Å². The van der Waals surface area contributed by atoms with Gasteiger partial charge in [-0.2, -0.15) is 13.2 Å². The van der Waals surface area contributed by atoms with E-state index < -0.39 is 11.7 Å². The van der Waals surface area contributed by atoms with Crippen molar-refractivity contribution in [3.8, 4) is 11.5 Å². The van der Waals surface area contributed by atoms with Crippen LogP contribution in [0.1, 0.15) is 12.5 Å². The topological polar surface area (TPSA) is 66.9 Å². The molecular weight excluding hydrogens is 425 g/mol. The molecule has 32 heavy (non-hydrogen) atoms. The Labute approximate surface area is 185 Å². The monoisotopic (exact) mass is 452 g/mol. The van der Waals surface area contributed by atoms with Gasteiger partial charge in [-0.3, -0.25) is 9.69 Å². The molecule has 0 saturated carbocycles. The predicted molar refractivity (Wildman–Crippen MR) is 114 cm³/mol. The number of anilines is 1. The number of alkyl halides is 3. The second-order valence-corrected chi connectivity index (χ2v) is 7.27. The van der Waals surface area contributed by atoms with Gasteiger partial charge in [0.2, 0.25) is 5.91 Å². The number of rotatable bonds is 9. The highest BCUT2D eigenvalue weighted by Gasteiger charge is 2.31. The fraction of sp³-hybridized carbons (Fsp3) is 0.455. The maximum atomic E-state index is 12.7. The van der Waals surface area contributed by atoms with E-state index in [1.165, 1.54) is 6.07 Å². The number of amides is 1. The zero-order chi connectivity index (χ0) is 23.0. The molecule has 1 aliphatic heterocycles. The van der Waals surface area contributed by atoms with Crippen LogP contribution in [0.5, 0.6) is 11.5 Å². The van der Waals surface area contributed by atoms with E-state index in [2.05, 4.69) is 10.3 Å². The van der Waals surface area contributed by atoms with Gasteiger partial charge in [-0.05, 0) is 43.3 Å². The molecule has 174 valence electrons. The summed E-state index contributed by atoms with van der Waals surface area (Å²) in [5, 5.41) is 2.83. The highest BCUT2D eigenvalue weighted by molar-refractivity contribution is 5.78. The van der Waals surface area contributed by atoms with Crippen LogP contribution < -0.4 is 19.7 Å². The molecule has 1 saturated heterocycles. The van der Waals surface area contributed by atoms with Crippen molar-refractivity contribution in [1.29, 1.82) is 0 Å². The van der Waals surface area contributed by atoms with Gasteiger partial charge >= 0.3 is 6.18 Å². The molecule has 1 fully saturated rings. The summed E-state index contributed by atoms with van der Waals surface area (Å²) in [7, 11) is 0. The highest BCUT2D eigenvalue weighted by atomic mass is 19.4. The summed E-state index contributed by atoms with van der Waals surface area (Å²) in [6, 6.07) is 9.72. The molecule has 2 aromatic rings. The van der Waals surface area contributed by atoms with Crippen molar-refractivity contribution in [3.63, 3.8) is 0 Å². The van der Waals surface area contributed by atoms with Gasteiger partial charge in [-0.15, -0.1) is 0 Å². The quantitative estimate of drug-likeness (QED) is 0.591. The number of piperazine rings is 1. The van der Waals surface area contributed by atoms with Crippen molar-refractivity contribution in [2.75, 3.05) is 57.4 Å². The van der Waals surface area contributed by atoms with Crippen LogP contribution in [-0.2, 0) is 11.0 Å². The van der Waals surface area contributed by atoms with Gasteiger partial charge in [0.25, 0.3) is 0 Å². The number of halogens is 3. The van der Waals surface area contributed by atoms with Crippen LogP contribution >= 0.6 is 0 Å². The first-order valence-electron chi connectivity index (χ1n) is 10.5. The number of nitrogens with one attached hydrogen (secondary N) is 1. The first kappa shape index (κ1) is 23.6. The van der Waals surface area contributed by atoms with E-state index in [-0.39, 0.29) is 12.5 Å².